The molecule has 1 N–H and O–H groups in total. The third-order valence-electron chi connectivity index (χ3n) is 5.19. The first-order valence-electron chi connectivity index (χ1n) is 9.89. The molecule has 4 rings (SSSR count). The van der Waals surface area contributed by atoms with E-state index < -0.39 is 15.6 Å². The Bertz CT molecular complexity index is 1480. The minimum atomic E-state index is -4.18. The largest absolute Gasteiger partial charge is 0.508 e. The van der Waals surface area contributed by atoms with E-state index in [9.17, 15) is 18.3 Å². The second-order valence-corrected chi connectivity index (χ2v) is 9.05. The summed E-state index contributed by atoms with van der Waals surface area (Å²) in [6.45, 7) is 1.70. The highest BCUT2D eigenvalue weighted by molar-refractivity contribution is 7.90. The summed E-state index contributed by atoms with van der Waals surface area (Å²) in [5.74, 6) is 0.311. The first-order chi connectivity index (χ1) is 15.3. The number of aromatic nitrogens is 2. The SMILES string of the molecule is COc1ccc2c(c1)c(=O)n(CC=Cc1ccccc1)n2S(=O)(=O)c1ccc(C)c(O)c1. The van der Waals surface area contributed by atoms with E-state index in [1.807, 2.05) is 36.4 Å². The van der Waals surface area contributed by atoms with Gasteiger partial charge in [-0.05, 0) is 42.3 Å². The summed E-state index contributed by atoms with van der Waals surface area (Å²) in [5, 5.41) is 10.3. The molecule has 0 saturated heterocycles. The average molecular weight is 451 g/mol. The number of rotatable bonds is 6. The highest BCUT2D eigenvalue weighted by Crippen LogP contribution is 2.26. The molecule has 8 heteroatoms. The summed E-state index contributed by atoms with van der Waals surface area (Å²) in [5.41, 5.74) is 1.24. The molecule has 0 amide bonds. The van der Waals surface area contributed by atoms with Crippen LogP contribution in [0.15, 0.2) is 82.5 Å². The van der Waals surface area contributed by atoms with Gasteiger partial charge in [-0.25, -0.2) is 4.68 Å². The number of phenols is 1. The van der Waals surface area contributed by atoms with Gasteiger partial charge >= 0.3 is 0 Å². The van der Waals surface area contributed by atoms with Crippen molar-refractivity contribution in [3.8, 4) is 11.5 Å². The van der Waals surface area contributed by atoms with E-state index in [0.29, 0.717) is 11.3 Å². The van der Waals surface area contributed by atoms with Crippen molar-refractivity contribution in [2.75, 3.05) is 7.11 Å². The summed E-state index contributed by atoms with van der Waals surface area (Å²) < 4.78 is 34.5. The van der Waals surface area contributed by atoms with Gasteiger partial charge in [-0.2, -0.15) is 12.5 Å². The van der Waals surface area contributed by atoms with Crippen molar-refractivity contribution in [2.24, 2.45) is 0 Å². The van der Waals surface area contributed by atoms with Crippen LogP contribution in [-0.2, 0) is 16.6 Å². The number of phenolic OH excluding ortho intramolecular Hbond substituents is 1. The molecule has 3 aromatic carbocycles. The quantitative estimate of drug-likeness (QED) is 0.483. The van der Waals surface area contributed by atoms with Crippen molar-refractivity contribution in [1.29, 1.82) is 0 Å². The fourth-order valence-electron chi connectivity index (χ4n) is 3.45. The lowest BCUT2D eigenvalue weighted by Crippen LogP contribution is -2.27. The van der Waals surface area contributed by atoms with Gasteiger partial charge in [-0.3, -0.25) is 4.79 Å². The number of aryl methyl sites for hydroxylation is 1. The minimum Gasteiger partial charge on any atom is -0.508 e. The molecule has 1 aromatic heterocycles. The van der Waals surface area contributed by atoms with Crippen LogP contribution in [0.4, 0.5) is 0 Å². The van der Waals surface area contributed by atoms with E-state index in [2.05, 4.69) is 0 Å². The van der Waals surface area contributed by atoms with Gasteiger partial charge < -0.3 is 9.84 Å². The lowest BCUT2D eigenvalue weighted by molar-refractivity contribution is 0.415. The number of ether oxygens (including phenoxy) is 1. The molecule has 32 heavy (non-hydrogen) atoms. The number of aromatic hydroxyl groups is 1. The van der Waals surface area contributed by atoms with Crippen LogP contribution in [0.3, 0.4) is 0 Å². The van der Waals surface area contributed by atoms with Crippen LogP contribution < -0.4 is 10.3 Å². The summed E-state index contributed by atoms with van der Waals surface area (Å²) in [4.78, 5) is 13.1. The standard InChI is InChI=1S/C24H22N2O5S/c1-17-10-12-20(16-23(17)27)32(29,30)26-22-13-11-19(31-2)15-21(22)24(28)25(26)14-6-9-18-7-4-3-5-8-18/h3-13,15-16,27H,14H2,1-2H3. The molecule has 0 aliphatic carbocycles. The van der Waals surface area contributed by atoms with E-state index in [0.717, 1.165) is 14.3 Å². The molecule has 4 aromatic rings. The van der Waals surface area contributed by atoms with E-state index in [-0.39, 0.29) is 28.1 Å². The minimum absolute atomic E-state index is 0.0296. The molecule has 0 spiro atoms. The fourth-order valence-corrected chi connectivity index (χ4v) is 4.97. The lowest BCUT2D eigenvalue weighted by Gasteiger charge is -2.13. The topological polar surface area (TPSA) is 90.5 Å². The molecule has 0 radical (unpaired) electrons. The summed E-state index contributed by atoms with van der Waals surface area (Å²) in [6.07, 6.45) is 3.55. The average Bonchev–Trinajstić information content (AvgIpc) is 3.08. The molecule has 0 aliphatic rings. The molecule has 0 atom stereocenters. The van der Waals surface area contributed by atoms with Crippen LogP contribution in [0.2, 0.25) is 0 Å². The van der Waals surface area contributed by atoms with E-state index in [4.69, 9.17) is 4.74 Å². The van der Waals surface area contributed by atoms with Gasteiger partial charge in [0.05, 0.1) is 29.5 Å². The smallest absolute Gasteiger partial charge is 0.282 e. The van der Waals surface area contributed by atoms with Crippen molar-refractivity contribution in [2.45, 2.75) is 18.4 Å². The summed E-state index contributed by atoms with van der Waals surface area (Å²) in [7, 11) is -2.71. The van der Waals surface area contributed by atoms with Gasteiger partial charge in [0.1, 0.15) is 11.5 Å². The van der Waals surface area contributed by atoms with E-state index >= 15 is 0 Å². The summed E-state index contributed by atoms with van der Waals surface area (Å²) in [6, 6.07) is 18.3. The molecule has 1 heterocycles. The number of benzene rings is 3. The number of allylic oxidation sites excluding steroid dienone is 1. The second-order valence-electron chi connectivity index (χ2n) is 7.28. The Labute approximate surface area is 185 Å². The number of fused-ring (bicyclic) bond motifs is 1. The van der Waals surface area contributed by atoms with E-state index in [1.54, 1.807) is 25.1 Å². The first kappa shape index (κ1) is 21.5. The molecular formula is C24H22N2O5S. The molecule has 0 saturated carbocycles. The Kier molecular flexibility index (Phi) is 5.63. The Morgan fingerprint density at radius 1 is 1.03 bits per heavy atom. The highest BCUT2D eigenvalue weighted by Gasteiger charge is 2.26. The lowest BCUT2D eigenvalue weighted by atomic mass is 10.2. The zero-order chi connectivity index (χ0) is 22.9. The highest BCUT2D eigenvalue weighted by atomic mass is 32.2. The van der Waals surface area contributed by atoms with Crippen LogP contribution in [0, 0.1) is 6.92 Å². The van der Waals surface area contributed by atoms with Crippen molar-refractivity contribution in [3.63, 3.8) is 0 Å². The van der Waals surface area contributed by atoms with Gasteiger partial charge in [0.25, 0.3) is 15.6 Å². The molecule has 7 nitrogen and oxygen atoms in total. The maximum Gasteiger partial charge on any atom is 0.282 e. The molecule has 0 bridgehead atoms. The summed E-state index contributed by atoms with van der Waals surface area (Å²) >= 11 is 0. The molecular weight excluding hydrogens is 428 g/mol. The second kappa shape index (κ2) is 8.39. The molecule has 0 fully saturated rings. The molecule has 0 aliphatic heterocycles. The third-order valence-corrected chi connectivity index (χ3v) is 6.89. The van der Waals surface area contributed by atoms with Gasteiger partial charge in [0.2, 0.25) is 0 Å². The number of methoxy groups -OCH3 is 1. The van der Waals surface area contributed by atoms with Crippen molar-refractivity contribution in [3.05, 3.63) is 94.3 Å². The van der Waals surface area contributed by atoms with Crippen LogP contribution in [0.1, 0.15) is 11.1 Å². The fraction of sp³-hybridized carbons (Fsp3) is 0.125. The van der Waals surface area contributed by atoms with Gasteiger partial charge in [-0.15, -0.1) is 0 Å². The zero-order valence-corrected chi connectivity index (χ0v) is 18.4. The van der Waals surface area contributed by atoms with Gasteiger partial charge in [0, 0.05) is 6.07 Å². The van der Waals surface area contributed by atoms with Crippen molar-refractivity contribution >= 4 is 27.0 Å². The monoisotopic (exact) mass is 450 g/mol. The number of hydrogen-bond acceptors (Lipinski definition) is 5. The Hall–Kier alpha value is -3.78. The Morgan fingerprint density at radius 2 is 1.78 bits per heavy atom. The van der Waals surface area contributed by atoms with Crippen LogP contribution >= 0.6 is 0 Å². The zero-order valence-electron chi connectivity index (χ0n) is 17.6. The van der Waals surface area contributed by atoms with Gasteiger partial charge in [-0.1, -0.05) is 48.6 Å². The van der Waals surface area contributed by atoms with Gasteiger partial charge in [0.15, 0.2) is 0 Å². The number of hydrogen-bond donors (Lipinski definition) is 1. The molecule has 0 unspecified atom stereocenters. The predicted octanol–water partition coefficient (Wildman–Crippen LogP) is 3.78. The Balaban J connectivity index is 1.91. The predicted molar refractivity (Wildman–Crippen MR) is 124 cm³/mol. The van der Waals surface area contributed by atoms with Crippen LogP contribution in [0.5, 0.6) is 11.5 Å². The normalized spacial score (nSPS) is 11.9. The maximum absolute atomic E-state index is 13.6. The van der Waals surface area contributed by atoms with Crippen molar-refractivity contribution in [1.82, 2.24) is 8.77 Å². The van der Waals surface area contributed by atoms with Crippen LogP contribution in [0.25, 0.3) is 17.0 Å². The van der Waals surface area contributed by atoms with E-state index in [1.165, 1.54) is 31.4 Å². The maximum atomic E-state index is 13.6. The molecule has 164 valence electrons. The number of nitrogens with zero attached hydrogens (tertiary/aromatic N) is 2. The van der Waals surface area contributed by atoms with Crippen LogP contribution in [-0.4, -0.2) is 29.4 Å². The van der Waals surface area contributed by atoms with Crippen molar-refractivity contribution < 1.29 is 18.3 Å². The first-order valence-corrected chi connectivity index (χ1v) is 11.3. The Morgan fingerprint density at radius 3 is 2.47 bits per heavy atom. The third kappa shape index (κ3) is 3.80.